The van der Waals surface area contributed by atoms with Crippen LogP contribution in [0.25, 0.3) is 34.3 Å². The lowest BCUT2D eigenvalue weighted by atomic mass is 10.0. The summed E-state index contributed by atoms with van der Waals surface area (Å²) in [5, 5.41) is 8.33. The van der Waals surface area contributed by atoms with E-state index >= 15 is 0 Å². The van der Waals surface area contributed by atoms with E-state index in [1.165, 1.54) is 4.90 Å². The van der Waals surface area contributed by atoms with Crippen LogP contribution in [0.15, 0.2) is 59.1 Å². The summed E-state index contributed by atoms with van der Waals surface area (Å²) in [6.07, 6.45) is 1.68. The Morgan fingerprint density at radius 3 is 2.50 bits per heavy atom. The summed E-state index contributed by atoms with van der Waals surface area (Å²) in [6, 6.07) is 14.9. The smallest absolute Gasteiger partial charge is 0.268 e. The van der Waals surface area contributed by atoms with E-state index in [9.17, 15) is 4.79 Å². The summed E-state index contributed by atoms with van der Waals surface area (Å²) in [7, 11) is 3.43. The lowest BCUT2D eigenvalue weighted by Gasteiger charge is -2.12. The number of amides is 1. The predicted molar refractivity (Wildman–Crippen MR) is 122 cm³/mol. The normalized spacial score (nSPS) is 10.4. The van der Waals surface area contributed by atoms with Gasteiger partial charge in [0, 0.05) is 36.3 Å². The molecule has 4 rings (SSSR count). The van der Waals surface area contributed by atoms with Crippen molar-refractivity contribution >= 4 is 5.91 Å². The number of hydrogen-bond acceptors (Lipinski definition) is 6. The molecule has 0 fully saturated rings. The molecule has 2 aromatic carbocycles. The maximum atomic E-state index is 12.4. The van der Waals surface area contributed by atoms with E-state index in [2.05, 4.69) is 27.0 Å². The number of hydrogen-bond donors (Lipinski definition) is 0. The van der Waals surface area contributed by atoms with Gasteiger partial charge < -0.3 is 9.32 Å². The SMILES string of the molecule is CC#Cc1cc(C(=O)N(C)C)ccc1-c1cnc(C)c(-c2nnc(-c3ccccc3)o2)n1. The lowest BCUT2D eigenvalue weighted by Crippen LogP contribution is -2.21. The highest BCUT2D eigenvalue weighted by molar-refractivity contribution is 5.95. The summed E-state index contributed by atoms with van der Waals surface area (Å²) in [6.45, 7) is 3.59. The number of benzene rings is 2. The molecule has 4 aromatic rings. The van der Waals surface area contributed by atoms with Crippen molar-refractivity contribution < 1.29 is 9.21 Å². The van der Waals surface area contributed by atoms with Crippen molar-refractivity contribution in [1.82, 2.24) is 25.1 Å². The van der Waals surface area contributed by atoms with Crippen molar-refractivity contribution in [3.63, 3.8) is 0 Å². The number of aromatic nitrogens is 4. The molecule has 1 amide bonds. The largest absolute Gasteiger partial charge is 0.415 e. The second-order valence-corrected chi connectivity index (χ2v) is 7.30. The van der Waals surface area contributed by atoms with Crippen molar-refractivity contribution in [3.05, 3.63) is 71.5 Å². The van der Waals surface area contributed by atoms with E-state index in [0.717, 1.165) is 11.1 Å². The van der Waals surface area contributed by atoms with Gasteiger partial charge in [-0.1, -0.05) is 30.2 Å². The first kappa shape index (κ1) is 20.9. The van der Waals surface area contributed by atoms with Gasteiger partial charge in [-0.3, -0.25) is 9.78 Å². The van der Waals surface area contributed by atoms with Crippen LogP contribution in [0.2, 0.25) is 0 Å². The van der Waals surface area contributed by atoms with E-state index in [1.54, 1.807) is 39.3 Å². The number of rotatable bonds is 4. The Bertz CT molecular complexity index is 1350. The first-order valence-electron chi connectivity index (χ1n) is 9.99. The minimum atomic E-state index is -0.0920. The second kappa shape index (κ2) is 8.82. The van der Waals surface area contributed by atoms with Crippen molar-refractivity contribution in [1.29, 1.82) is 0 Å². The van der Waals surface area contributed by atoms with Crippen LogP contribution in [0.1, 0.15) is 28.5 Å². The van der Waals surface area contributed by atoms with Crippen LogP contribution >= 0.6 is 0 Å². The van der Waals surface area contributed by atoms with E-state index in [4.69, 9.17) is 9.40 Å². The highest BCUT2D eigenvalue weighted by Crippen LogP contribution is 2.28. The molecule has 0 spiro atoms. The summed E-state index contributed by atoms with van der Waals surface area (Å²) in [5.41, 5.74) is 4.62. The van der Waals surface area contributed by atoms with Crippen LogP contribution in [-0.4, -0.2) is 45.1 Å². The third-order valence-electron chi connectivity index (χ3n) is 4.81. The van der Waals surface area contributed by atoms with Gasteiger partial charge in [-0.2, -0.15) is 0 Å². The topological polar surface area (TPSA) is 85.0 Å². The molecule has 0 aliphatic carbocycles. The van der Waals surface area contributed by atoms with Crippen LogP contribution in [0, 0.1) is 18.8 Å². The average Bonchev–Trinajstić information content (AvgIpc) is 3.30. The molecule has 0 unspecified atom stereocenters. The molecule has 0 aliphatic heterocycles. The highest BCUT2D eigenvalue weighted by atomic mass is 16.4. The molecule has 0 bridgehead atoms. The van der Waals surface area contributed by atoms with Crippen molar-refractivity contribution in [3.8, 4) is 46.1 Å². The zero-order chi connectivity index (χ0) is 22.7. The number of carbonyl (C=O) groups is 1. The molecule has 0 saturated carbocycles. The zero-order valence-corrected chi connectivity index (χ0v) is 18.2. The fourth-order valence-corrected chi connectivity index (χ4v) is 3.19. The van der Waals surface area contributed by atoms with Gasteiger partial charge in [0.1, 0.15) is 5.69 Å². The maximum Gasteiger partial charge on any atom is 0.268 e. The number of carbonyl (C=O) groups excluding carboxylic acids is 1. The van der Waals surface area contributed by atoms with Gasteiger partial charge >= 0.3 is 0 Å². The summed E-state index contributed by atoms with van der Waals surface area (Å²) < 4.78 is 5.88. The molecular weight excluding hydrogens is 402 g/mol. The van der Waals surface area contributed by atoms with Crippen molar-refractivity contribution in [2.24, 2.45) is 0 Å². The quantitative estimate of drug-likeness (QED) is 0.457. The second-order valence-electron chi connectivity index (χ2n) is 7.30. The zero-order valence-electron chi connectivity index (χ0n) is 18.2. The van der Waals surface area contributed by atoms with Gasteiger partial charge in [0.15, 0.2) is 0 Å². The molecule has 0 saturated heterocycles. The van der Waals surface area contributed by atoms with Crippen LogP contribution in [0.3, 0.4) is 0 Å². The molecule has 158 valence electrons. The Kier molecular flexibility index (Phi) is 5.77. The molecule has 0 atom stereocenters. The summed E-state index contributed by atoms with van der Waals surface area (Å²) in [5.74, 6) is 6.58. The van der Waals surface area contributed by atoms with E-state index < -0.39 is 0 Å². The lowest BCUT2D eigenvalue weighted by molar-refractivity contribution is 0.0827. The predicted octanol–water partition coefficient (Wildman–Crippen LogP) is 4.24. The van der Waals surface area contributed by atoms with Crippen LogP contribution in [0.4, 0.5) is 0 Å². The van der Waals surface area contributed by atoms with Gasteiger partial charge in [0.2, 0.25) is 5.89 Å². The molecule has 7 nitrogen and oxygen atoms in total. The Labute approximate surface area is 186 Å². The molecular formula is C25H21N5O2. The molecule has 0 aliphatic rings. The first-order valence-corrected chi connectivity index (χ1v) is 9.99. The Hall–Kier alpha value is -4.31. The van der Waals surface area contributed by atoms with E-state index in [-0.39, 0.29) is 5.91 Å². The molecule has 0 radical (unpaired) electrons. The van der Waals surface area contributed by atoms with Gasteiger partial charge in [-0.05, 0) is 38.1 Å². The Balaban J connectivity index is 1.77. The molecule has 2 heterocycles. The van der Waals surface area contributed by atoms with Gasteiger partial charge in [-0.25, -0.2) is 4.98 Å². The fourth-order valence-electron chi connectivity index (χ4n) is 3.19. The molecule has 0 N–H and O–H groups in total. The minimum absolute atomic E-state index is 0.0920. The fraction of sp³-hybridized carbons (Fsp3) is 0.160. The van der Waals surface area contributed by atoms with Crippen LogP contribution in [-0.2, 0) is 0 Å². The van der Waals surface area contributed by atoms with Gasteiger partial charge in [0.25, 0.3) is 11.8 Å². The molecule has 2 aromatic heterocycles. The van der Waals surface area contributed by atoms with Gasteiger partial charge in [-0.15, -0.1) is 16.1 Å². The summed E-state index contributed by atoms with van der Waals surface area (Å²) >= 11 is 0. The maximum absolute atomic E-state index is 12.4. The van der Waals surface area contributed by atoms with E-state index in [0.29, 0.717) is 40.0 Å². The van der Waals surface area contributed by atoms with Crippen molar-refractivity contribution in [2.45, 2.75) is 13.8 Å². The number of aryl methyl sites for hydroxylation is 1. The van der Waals surface area contributed by atoms with Crippen molar-refractivity contribution in [2.75, 3.05) is 14.1 Å². The first-order chi connectivity index (χ1) is 15.5. The standard InChI is InChI=1S/C25H21N5O2/c1-5-9-18-14-19(25(31)30(3)4)12-13-20(18)21-15-26-16(2)22(27-21)24-29-28-23(32-24)17-10-7-6-8-11-17/h6-8,10-15H,1-4H3. The van der Waals surface area contributed by atoms with Gasteiger partial charge in [0.05, 0.1) is 17.6 Å². The monoisotopic (exact) mass is 423 g/mol. The Morgan fingerprint density at radius 1 is 1.03 bits per heavy atom. The van der Waals surface area contributed by atoms with E-state index in [1.807, 2.05) is 43.3 Å². The highest BCUT2D eigenvalue weighted by Gasteiger charge is 2.18. The minimum Gasteiger partial charge on any atom is -0.415 e. The van der Waals surface area contributed by atoms with Crippen LogP contribution < -0.4 is 0 Å². The summed E-state index contributed by atoms with van der Waals surface area (Å²) in [4.78, 5) is 23.1. The Morgan fingerprint density at radius 2 is 1.78 bits per heavy atom. The molecule has 7 heteroatoms. The van der Waals surface area contributed by atoms with Crippen LogP contribution in [0.5, 0.6) is 0 Å². The third-order valence-corrected chi connectivity index (χ3v) is 4.81. The average molecular weight is 423 g/mol. The third kappa shape index (κ3) is 4.12. The molecule has 32 heavy (non-hydrogen) atoms. The number of nitrogens with zero attached hydrogens (tertiary/aromatic N) is 5.